The van der Waals surface area contributed by atoms with Crippen LogP contribution in [0.25, 0.3) is 11.4 Å². The quantitative estimate of drug-likeness (QED) is 0.408. The van der Waals surface area contributed by atoms with Gasteiger partial charge in [0.25, 0.3) is 0 Å². The molecule has 0 radical (unpaired) electrons. The minimum Gasteiger partial charge on any atom is -0.449 e. The van der Waals surface area contributed by atoms with Gasteiger partial charge in [0.1, 0.15) is 5.82 Å². The molecule has 2 aliphatic rings. The molecule has 1 aromatic carbocycles. The van der Waals surface area contributed by atoms with Crippen molar-refractivity contribution < 1.29 is 19.1 Å². The summed E-state index contributed by atoms with van der Waals surface area (Å²) in [5, 5.41) is 5.84. The number of urea groups is 1. The summed E-state index contributed by atoms with van der Waals surface area (Å²) in [7, 11) is 0. The topological polar surface area (TPSA) is 109 Å². The van der Waals surface area contributed by atoms with Crippen molar-refractivity contribution in [3.8, 4) is 11.4 Å². The maximum Gasteiger partial charge on any atom is 0.410 e. The van der Waals surface area contributed by atoms with Gasteiger partial charge in [-0.05, 0) is 55.4 Å². The molecule has 0 aliphatic carbocycles. The van der Waals surface area contributed by atoms with Crippen molar-refractivity contribution in [2.45, 2.75) is 73.4 Å². The van der Waals surface area contributed by atoms with Gasteiger partial charge >= 0.3 is 12.1 Å². The number of hydrogen-bond donors (Lipinski definition) is 2. The van der Waals surface area contributed by atoms with E-state index in [4.69, 9.17) is 19.4 Å². The van der Waals surface area contributed by atoms with Gasteiger partial charge in [0.2, 0.25) is 0 Å². The Morgan fingerprint density at radius 2 is 1.90 bits per heavy atom. The normalized spacial score (nSPS) is 17.3. The zero-order valence-electron chi connectivity index (χ0n) is 25.5. The highest BCUT2D eigenvalue weighted by Gasteiger charge is 2.31. The Labute approximate surface area is 244 Å². The van der Waals surface area contributed by atoms with Crippen LogP contribution in [0.2, 0.25) is 0 Å². The Hall–Kier alpha value is -3.40. The van der Waals surface area contributed by atoms with Crippen molar-refractivity contribution in [3.63, 3.8) is 0 Å². The number of hydrogen-bond acceptors (Lipinski definition) is 7. The Kier molecular flexibility index (Phi) is 10.1. The summed E-state index contributed by atoms with van der Waals surface area (Å²) in [5.74, 6) is 1.76. The number of nitrogens with zero attached hydrogens (tertiary/aromatic N) is 4. The maximum absolute atomic E-state index is 12.8. The lowest BCUT2D eigenvalue weighted by Crippen LogP contribution is -2.46. The van der Waals surface area contributed by atoms with E-state index in [1.54, 1.807) is 4.90 Å². The first-order valence-electron chi connectivity index (χ1n) is 14.8. The number of ether oxygens (including phenoxy) is 2. The molecule has 1 fully saturated rings. The first-order valence-corrected chi connectivity index (χ1v) is 14.8. The van der Waals surface area contributed by atoms with E-state index < -0.39 is 0 Å². The van der Waals surface area contributed by atoms with E-state index in [1.165, 1.54) is 0 Å². The summed E-state index contributed by atoms with van der Waals surface area (Å²) in [6.07, 6.45) is 2.32. The van der Waals surface area contributed by atoms with Crippen LogP contribution >= 0.6 is 0 Å². The first-order chi connectivity index (χ1) is 19.5. The standard InChI is InChI=1S/C31H46N6O4/c1-21(2)19-41-30(39)36-15-12-26-25(18-36)28(37-16-17-40-20-22(37)3)35-27(34-26)23-8-10-24(11-9-23)33-29(38)32-14-7-13-31(4,5)6/h8-11,21-22H,7,12-20H2,1-6H3,(H2,32,33,38). The third-order valence-corrected chi connectivity index (χ3v) is 7.27. The van der Waals surface area contributed by atoms with Gasteiger partial charge in [-0.15, -0.1) is 0 Å². The monoisotopic (exact) mass is 566 g/mol. The number of nitrogens with one attached hydrogen (secondary N) is 2. The van der Waals surface area contributed by atoms with Gasteiger partial charge in [0, 0.05) is 42.9 Å². The molecule has 1 atom stereocenters. The van der Waals surface area contributed by atoms with Crippen molar-refractivity contribution in [2.75, 3.05) is 49.7 Å². The van der Waals surface area contributed by atoms with E-state index in [0.29, 0.717) is 57.4 Å². The van der Waals surface area contributed by atoms with Gasteiger partial charge in [-0.2, -0.15) is 0 Å². The zero-order valence-corrected chi connectivity index (χ0v) is 25.5. The van der Waals surface area contributed by atoms with Gasteiger partial charge in [0.15, 0.2) is 5.82 Å². The second-order valence-corrected chi connectivity index (χ2v) is 12.7. The van der Waals surface area contributed by atoms with Crippen LogP contribution in [-0.4, -0.2) is 72.5 Å². The third-order valence-electron chi connectivity index (χ3n) is 7.27. The lowest BCUT2D eigenvalue weighted by atomic mass is 9.91. The number of carbonyl (C=O) groups excluding carboxylic acids is 2. The van der Waals surface area contributed by atoms with Crippen LogP contribution in [0.4, 0.5) is 21.1 Å². The predicted molar refractivity (Wildman–Crippen MR) is 161 cm³/mol. The van der Waals surface area contributed by atoms with Crippen LogP contribution in [0.3, 0.4) is 0 Å². The number of rotatable bonds is 8. The fourth-order valence-corrected chi connectivity index (χ4v) is 4.99. The van der Waals surface area contributed by atoms with E-state index in [1.807, 2.05) is 38.1 Å². The minimum atomic E-state index is -0.296. The fraction of sp³-hybridized carbons (Fsp3) is 0.613. The van der Waals surface area contributed by atoms with Gasteiger partial charge in [-0.3, -0.25) is 0 Å². The molecule has 10 nitrogen and oxygen atoms in total. The van der Waals surface area contributed by atoms with Gasteiger partial charge in [0.05, 0.1) is 38.1 Å². The van der Waals surface area contributed by atoms with Crippen molar-refractivity contribution in [1.29, 1.82) is 0 Å². The minimum absolute atomic E-state index is 0.146. The van der Waals surface area contributed by atoms with E-state index >= 15 is 0 Å². The third kappa shape index (κ3) is 8.55. The average Bonchev–Trinajstić information content (AvgIpc) is 2.93. The molecule has 0 spiro atoms. The van der Waals surface area contributed by atoms with Crippen LogP contribution in [-0.2, 0) is 22.4 Å². The van der Waals surface area contributed by atoms with E-state index in [-0.39, 0.29) is 29.5 Å². The second kappa shape index (κ2) is 13.5. The fourth-order valence-electron chi connectivity index (χ4n) is 4.99. The molecule has 1 saturated heterocycles. The second-order valence-electron chi connectivity index (χ2n) is 12.7. The van der Waals surface area contributed by atoms with E-state index in [9.17, 15) is 9.59 Å². The lowest BCUT2D eigenvalue weighted by Gasteiger charge is -2.38. The van der Waals surface area contributed by atoms with Crippen molar-refractivity contribution in [2.24, 2.45) is 11.3 Å². The molecule has 41 heavy (non-hydrogen) atoms. The highest BCUT2D eigenvalue weighted by molar-refractivity contribution is 5.89. The van der Waals surface area contributed by atoms with Crippen molar-refractivity contribution in [3.05, 3.63) is 35.5 Å². The Morgan fingerprint density at radius 1 is 1.15 bits per heavy atom. The largest absolute Gasteiger partial charge is 0.449 e. The molecule has 0 saturated carbocycles. The molecule has 3 amide bonds. The Morgan fingerprint density at radius 3 is 2.59 bits per heavy atom. The van der Waals surface area contributed by atoms with E-state index in [0.717, 1.165) is 42.0 Å². The summed E-state index contributed by atoms with van der Waals surface area (Å²) < 4.78 is 11.2. The summed E-state index contributed by atoms with van der Waals surface area (Å²) in [5.41, 5.74) is 3.75. The molecule has 0 bridgehead atoms. The Balaban J connectivity index is 1.50. The number of anilines is 2. The lowest BCUT2D eigenvalue weighted by molar-refractivity contribution is 0.0870. The number of amides is 3. The van der Waals surface area contributed by atoms with Crippen LogP contribution in [0.5, 0.6) is 0 Å². The Bertz CT molecular complexity index is 1190. The van der Waals surface area contributed by atoms with Crippen LogP contribution in [0.1, 0.15) is 65.6 Å². The highest BCUT2D eigenvalue weighted by atomic mass is 16.6. The summed E-state index contributed by atoms with van der Waals surface area (Å²) in [4.78, 5) is 39.1. The molecule has 3 heterocycles. The molecule has 1 aromatic heterocycles. The molecule has 1 unspecified atom stereocenters. The first kappa shape index (κ1) is 30.6. The van der Waals surface area contributed by atoms with Crippen molar-refractivity contribution >= 4 is 23.6 Å². The molecular formula is C31H46N6O4. The van der Waals surface area contributed by atoms with Gasteiger partial charge in [-0.1, -0.05) is 34.6 Å². The summed E-state index contributed by atoms with van der Waals surface area (Å²) in [6, 6.07) is 7.54. The zero-order chi connectivity index (χ0) is 29.6. The molecule has 2 aliphatic heterocycles. The summed E-state index contributed by atoms with van der Waals surface area (Å²) in [6.45, 7) is 16.7. The number of carbonyl (C=O) groups is 2. The van der Waals surface area contributed by atoms with Crippen LogP contribution in [0.15, 0.2) is 24.3 Å². The van der Waals surface area contributed by atoms with E-state index in [2.05, 4.69) is 43.2 Å². The number of morpholine rings is 1. The summed E-state index contributed by atoms with van der Waals surface area (Å²) >= 11 is 0. The van der Waals surface area contributed by atoms with Gasteiger partial charge < -0.3 is 29.9 Å². The highest BCUT2D eigenvalue weighted by Crippen LogP contribution is 2.32. The van der Waals surface area contributed by atoms with Gasteiger partial charge in [-0.25, -0.2) is 19.6 Å². The molecule has 10 heteroatoms. The molecule has 224 valence electrons. The van der Waals surface area contributed by atoms with Crippen molar-refractivity contribution in [1.82, 2.24) is 20.2 Å². The molecule has 2 N–H and O–H groups in total. The number of aromatic nitrogens is 2. The number of fused-ring (bicyclic) bond motifs is 1. The smallest absolute Gasteiger partial charge is 0.410 e. The number of benzene rings is 1. The molecule has 2 aromatic rings. The predicted octanol–water partition coefficient (Wildman–Crippen LogP) is 5.47. The maximum atomic E-state index is 12.8. The SMILES string of the molecule is CC(C)COC(=O)N1CCc2nc(-c3ccc(NC(=O)NCCCC(C)(C)C)cc3)nc(N3CCOCC3C)c2C1. The average molecular weight is 567 g/mol. The molecule has 4 rings (SSSR count). The van der Waals surface area contributed by atoms with Crippen LogP contribution in [0, 0.1) is 11.3 Å². The van der Waals surface area contributed by atoms with Crippen LogP contribution < -0.4 is 15.5 Å². The molecular weight excluding hydrogens is 520 g/mol.